The third-order valence-electron chi connectivity index (χ3n) is 1.56. The van der Waals surface area contributed by atoms with Crippen molar-refractivity contribution in [2.45, 2.75) is 6.54 Å². The van der Waals surface area contributed by atoms with Crippen molar-refractivity contribution in [3.63, 3.8) is 0 Å². The molecule has 0 amide bonds. The van der Waals surface area contributed by atoms with E-state index in [1.807, 2.05) is 0 Å². The molecule has 0 aromatic heterocycles. The monoisotopic (exact) mass is 197 g/mol. The zero-order valence-corrected chi connectivity index (χ0v) is 7.84. The fraction of sp³-hybridized carbons (Fsp3) is 0.222. The van der Waals surface area contributed by atoms with E-state index in [0.717, 1.165) is 5.56 Å². The van der Waals surface area contributed by atoms with Crippen LogP contribution in [0, 0.1) is 0 Å². The van der Waals surface area contributed by atoms with Crippen LogP contribution in [0.4, 0.5) is 0 Å². The Bertz CT molecular complexity index is 345. The Morgan fingerprint density at radius 3 is 3.00 bits per heavy atom. The van der Waals surface area contributed by atoms with Gasteiger partial charge in [0.1, 0.15) is 5.75 Å². The van der Waals surface area contributed by atoms with Crippen LogP contribution in [0.5, 0.6) is 5.75 Å². The molecule has 4 heteroatoms. The maximum Gasteiger partial charge on any atom is 0.235 e. The maximum absolute atomic E-state index is 9.90. The molecule has 0 N–H and O–H groups in total. The Hall–Kier alpha value is -1.31. The van der Waals surface area contributed by atoms with Gasteiger partial charge in [-0.3, -0.25) is 0 Å². The molecule has 0 bridgehead atoms. The molecular formula is C9H8ClNO2. The van der Waals surface area contributed by atoms with Crippen LogP contribution in [-0.4, -0.2) is 13.2 Å². The molecule has 0 fully saturated rings. The zero-order chi connectivity index (χ0) is 9.68. The van der Waals surface area contributed by atoms with E-state index < -0.39 is 0 Å². The average molecular weight is 198 g/mol. The number of halogens is 1. The van der Waals surface area contributed by atoms with Gasteiger partial charge in [0.25, 0.3) is 0 Å². The summed E-state index contributed by atoms with van der Waals surface area (Å²) in [5, 5.41) is 0.594. The van der Waals surface area contributed by atoms with Gasteiger partial charge >= 0.3 is 0 Å². The van der Waals surface area contributed by atoms with E-state index in [2.05, 4.69) is 4.99 Å². The van der Waals surface area contributed by atoms with Gasteiger partial charge in [0.05, 0.1) is 13.7 Å². The molecule has 0 saturated carbocycles. The smallest absolute Gasteiger partial charge is 0.235 e. The van der Waals surface area contributed by atoms with Crippen molar-refractivity contribution < 1.29 is 9.53 Å². The van der Waals surface area contributed by atoms with Gasteiger partial charge in [-0.25, -0.2) is 9.79 Å². The van der Waals surface area contributed by atoms with E-state index in [-0.39, 0.29) is 6.54 Å². The van der Waals surface area contributed by atoms with E-state index >= 15 is 0 Å². The third kappa shape index (κ3) is 2.58. The lowest BCUT2D eigenvalue weighted by Gasteiger charge is -2.05. The van der Waals surface area contributed by atoms with Crippen molar-refractivity contribution in [1.82, 2.24) is 0 Å². The van der Waals surface area contributed by atoms with Gasteiger partial charge < -0.3 is 4.74 Å². The summed E-state index contributed by atoms with van der Waals surface area (Å²) in [5.74, 6) is 0.670. The predicted octanol–water partition coefficient (Wildman–Crippen LogP) is 2.18. The van der Waals surface area contributed by atoms with Crippen LogP contribution in [0.3, 0.4) is 0 Å². The standard InChI is InChI=1S/C9H8ClNO2/c1-13-9-3-2-8(10)4-7(9)5-11-6-12/h2-4H,5H2,1H3. The van der Waals surface area contributed by atoms with Gasteiger partial charge in [-0.15, -0.1) is 0 Å². The minimum Gasteiger partial charge on any atom is -0.496 e. The summed E-state index contributed by atoms with van der Waals surface area (Å²) in [6, 6.07) is 5.16. The van der Waals surface area contributed by atoms with Gasteiger partial charge in [0, 0.05) is 10.6 Å². The number of hydrogen-bond acceptors (Lipinski definition) is 3. The average Bonchev–Trinajstić information content (AvgIpc) is 2.15. The van der Waals surface area contributed by atoms with Crippen molar-refractivity contribution in [3.05, 3.63) is 28.8 Å². The van der Waals surface area contributed by atoms with Crippen LogP contribution < -0.4 is 4.74 Å². The highest BCUT2D eigenvalue weighted by Gasteiger charge is 2.02. The van der Waals surface area contributed by atoms with Crippen molar-refractivity contribution in [2.75, 3.05) is 7.11 Å². The first-order valence-electron chi connectivity index (χ1n) is 3.64. The number of benzene rings is 1. The first-order chi connectivity index (χ1) is 6.27. The Morgan fingerprint density at radius 1 is 1.62 bits per heavy atom. The lowest BCUT2D eigenvalue weighted by molar-refractivity contribution is 0.410. The molecule has 1 aromatic carbocycles. The Kier molecular flexibility index (Phi) is 3.50. The van der Waals surface area contributed by atoms with Crippen molar-refractivity contribution in [3.8, 4) is 5.75 Å². The third-order valence-corrected chi connectivity index (χ3v) is 1.79. The number of isocyanates is 1. The summed E-state index contributed by atoms with van der Waals surface area (Å²) in [6.45, 7) is 0.243. The van der Waals surface area contributed by atoms with E-state index in [0.29, 0.717) is 10.8 Å². The summed E-state index contributed by atoms with van der Waals surface area (Å²) in [5.41, 5.74) is 0.776. The van der Waals surface area contributed by atoms with Crippen LogP contribution in [0.1, 0.15) is 5.56 Å². The topological polar surface area (TPSA) is 38.7 Å². The van der Waals surface area contributed by atoms with Crippen LogP contribution >= 0.6 is 11.6 Å². The van der Waals surface area contributed by atoms with Crippen LogP contribution in [0.25, 0.3) is 0 Å². The molecule has 0 spiro atoms. The second-order valence-corrected chi connectivity index (χ2v) is 2.80. The molecule has 1 rings (SSSR count). The van der Waals surface area contributed by atoms with Gasteiger partial charge in [0.15, 0.2) is 0 Å². The number of rotatable bonds is 3. The molecule has 0 radical (unpaired) electrons. The number of ether oxygens (including phenoxy) is 1. The van der Waals surface area contributed by atoms with E-state index in [9.17, 15) is 4.79 Å². The predicted molar refractivity (Wildman–Crippen MR) is 49.8 cm³/mol. The first kappa shape index (κ1) is 9.78. The second-order valence-electron chi connectivity index (χ2n) is 2.36. The Balaban J connectivity index is 3.00. The van der Waals surface area contributed by atoms with Gasteiger partial charge in [-0.2, -0.15) is 0 Å². The maximum atomic E-state index is 9.90. The van der Waals surface area contributed by atoms with Crippen molar-refractivity contribution in [2.24, 2.45) is 4.99 Å². The van der Waals surface area contributed by atoms with Gasteiger partial charge in [-0.1, -0.05) is 11.6 Å². The van der Waals surface area contributed by atoms with Crippen LogP contribution in [0.2, 0.25) is 5.02 Å². The molecule has 3 nitrogen and oxygen atoms in total. The molecule has 0 unspecified atom stereocenters. The summed E-state index contributed by atoms with van der Waals surface area (Å²) < 4.78 is 5.05. The molecule has 0 aliphatic carbocycles. The number of aliphatic imine (C=N–C) groups is 1. The van der Waals surface area contributed by atoms with Gasteiger partial charge in [-0.05, 0) is 18.2 Å². The van der Waals surface area contributed by atoms with Gasteiger partial charge in [0.2, 0.25) is 6.08 Å². The van der Waals surface area contributed by atoms with E-state index in [1.54, 1.807) is 25.3 Å². The molecular weight excluding hydrogens is 190 g/mol. The zero-order valence-electron chi connectivity index (χ0n) is 7.08. The molecule has 13 heavy (non-hydrogen) atoms. The molecule has 0 aliphatic heterocycles. The van der Waals surface area contributed by atoms with Crippen LogP contribution in [-0.2, 0) is 11.3 Å². The SMILES string of the molecule is COc1ccc(Cl)cc1CN=C=O. The fourth-order valence-corrected chi connectivity index (χ4v) is 1.18. The number of nitrogens with zero attached hydrogens (tertiary/aromatic N) is 1. The summed E-state index contributed by atoms with van der Waals surface area (Å²) >= 11 is 5.76. The normalized spacial score (nSPS) is 9.08. The lowest BCUT2D eigenvalue weighted by Crippen LogP contribution is -1.90. The lowest BCUT2D eigenvalue weighted by atomic mass is 10.2. The Morgan fingerprint density at radius 2 is 2.38 bits per heavy atom. The second kappa shape index (κ2) is 4.65. The molecule has 0 saturated heterocycles. The molecule has 0 aliphatic rings. The Labute approximate surface area is 81.0 Å². The highest BCUT2D eigenvalue weighted by molar-refractivity contribution is 6.30. The largest absolute Gasteiger partial charge is 0.496 e. The molecule has 0 atom stereocenters. The summed E-state index contributed by atoms with van der Waals surface area (Å²) in [4.78, 5) is 13.3. The molecule has 0 heterocycles. The minimum atomic E-state index is 0.243. The summed E-state index contributed by atoms with van der Waals surface area (Å²) in [7, 11) is 1.55. The number of hydrogen-bond donors (Lipinski definition) is 0. The number of methoxy groups -OCH3 is 1. The fourth-order valence-electron chi connectivity index (χ4n) is 0.988. The van der Waals surface area contributed by atoms with E-state index in [1.165, 1.54) is 6.08 Å². The van der Waals surface area contributed by atoms with E-state index in [4.69, 9.17) is 16.3 Å². The number of carbonyl (C=O) groups excluding carboxylic acids is 1. The van der Waals surface area contributed by atoms with Crippen LogP contribution in [0.15, 0.2) is 23.2 Å². The quantitative estimate of drug-likeness (QED) is 0.550. The molecule has 68 valence electrons. The molecule has 1 aromatic rings. The minimum absolute atomic E-state index is 0.243. The highest BCUT2D eigenvalue weighted by Crippen LogP contribution is 2.22. The highest BCUT2D eigenvalue weighted by atomic mass is 35.5. The van der Waals surface area contributed by atoms with Crippen molar-refractivity contribution >= 4 is 17.7 Å². The first-order valence-corrected chi connectivity index (χ1v) is 4.01. The summed E-state index contributed by atoms with van der Waals surface area (Å²) in [6.07, 6.45) is 1.46. The van der Waals surface area contributed by atoms with Crippen molar-refractivity contribution in [1.29, 1.82) is 0 Å².